The van der Waals surface area contributed by atoms with Crippen molar-refractivity contribution in [1.82, 2.24) is 0 Å². The van der Waals surface area contributed by atoms with Crippen LogP contribution in [0.4, 0.5) is 0 Å². The van der Waals surface area contributed by atoms with Crippen molar-refractivity contribution in [3.63, 3.8) is 0 Å². The summed E-state index contributed by atoms with van der Waals surface area (Å²) in [5, 5.41) is 34.7. The molecule has 0 heterocycles. The van der Waals surface area contributed by atoms with E-state index in [-0.39, 0.29) is 40.1 Å². The summed E-state index contributed by atoms with van der Waals surface area (Å²) in [5.74, 6) is -0.306. The smallest absolute Gasteiger partial charge is 0.157 e. The number of hydrogen-bond donors (Lipinski definition) is 4. The molecule has 0 bridgehead atoms. The van der Waals surface area contributed by atoms with E-state index in [1.165, 1.54) is 24.3 Å². The molecular weight excluding hydrogens is 263 g/mol. The zero-order valence-electron chi connectivity index (χ0n) is 8.79. The Morgan fingerprint density at radius 2 is 0.647 bits per heavy atom. The van der Waals surface area contributed by atoms with E-state index in [9.17, 15) is 0 Å². The van der Waals surface area contributed by atoms with Crippen molar-refractivity contribution in [2.75, 3.05) is 0 Å². The van der Waals surface area contributed by atoms with Crippen LogP contribution in [0.15, 0.2) is 48.5 Å². The van der Waals surface area contributed by atoms with Crippen molar-refractivity contribution in [2.45, 2.75) is 0 Å². The first-order chi connectivity index (χ1) is 7.61. The number of rotatable bonds is 0. The van der Waals surface area contributed by atoms with Gasteiger partial charge in [-0.3, -0.25) is 0 Å². The summed E-state index contributed by atoms with van der Waals surface area (Å²) in [6, 6.07) is 12.3. The molecule has 91 valence electrons. The van der Waals surface area contributed by atoms with E-state index < -0.39 is 0 Å². The number of para-hydroxylation sites is 4. The van der Waals surface area contributed by atoms with E-state index in [1.807, 2.05) is 0 Å². The van der Waals surface area contributed by atoms with Crippen LogP contribution in [-0.2, 0) is 17.1 Å². The number of benzene rings is 2. The molecule has 0 aromatic heterocycles. The quantitative estimate of drug-likeness (QED) is 0.439. The number of phenolic OH excluding ortho intramolecular Hbond substituents is 4. The minimum absolute atomic E-state index is 0. The molecule has 2 rings (SSSR count). The van der Waals surface area contributed by atoms with Gasteiger partial charge >= 0.3 is 0 Å². The van der Waals surface area contributed by atoms with Gasteiger partial charge in [-0.15, -0.1) is 0 Å². The van der Waals surface area contributed by atoms with Crippen molar-refractivity contribution < 1.29 is 37.5 Å². The van der Waals surface area contributed by atoms with Crippen molar-refractivity contribution in [3.05, 3.63) is 48.5 Å². The fraction of sp³-hybridized carbons (Fsp3) is 0. The summed E-state index contributed by atoms with van der Waals surface area (Å²) in [5.41, 5.74) is 0. The predicted octanol–water partition coefficient (Wildman–Crippen LogP) is 2.19. The van der Waals surface area contributed by atoms with Crippen LogP contribution in [0.2, 0.25) is 0 Å². The van der Waals surface area contributed by atoms with Gasteiger partial charge in [0.05, 0.1) is 0 Å². The number of aromatic hydroxyl groups is 4. The van der Waals surface area contributed by atoms with E-state index in [2.05, 4.69) is 0 Å². The molecule has 0 saturated carbocycles. The van der Waals surface area contributed by atoms with Crippen molar-refractivity contribution in [3.8, 4) is 23.0 Å². The number of hydrogen-bond acceptors (Lipinski definition) is 4. The first kappa shape index (κ1) is 15.2. The van der Waals surface area contributed by atoms with E-state index in [4.69, 9.17) is 20.4 Å². The summed E-state index contributed by atoms with van der Waals surface area (Å²) in [6.45, 7) is 0. The van der Waals surface area contributed by atoms with E-state index in [1.54, 1.807) is 24.3 Å². The Bertz CT molecular complexity index is 374. The molecule has 0 aliphatic rings. The van der Waals surface area contributed by atoms with Gasteiger partial charge in [0.25, 0.3) is 0 Å². The van der Waals surface area contributed by atoms with Crippen molar-refractivity contribution >= 4 is 0 Å². The summed E-state index contributed by atoms with van der Waals surface area (Å²) in [6.07, 6.45) is 0. The molecule has 4 nitrogen and oxygen atoms in total. The molecule has 4 N–H and O–H groups in total. The van der Waals surface area contributed by atoms with Gasteiger partial charge in [0.1, 0.15) is 0 Å². The maximum atomic E-state index is 8.67. The first-order valence-corrected chi connectivity index (χ1v) is 4.55. The molecular formula is C12H12MnO4. The Balaban J connectivity index is 0.000000284. The Kier molecular flexibility index (Phi) is 6.63. The first-order valence-electron chi connectivity index (χ1n) is 4.55. The van der Waals surface area contributed by atoms with Gasteiger partial charge in [-0.25, -0.2) is 0 Å². The molecule has 0 spiro atoms. The SMILES string of the molecule is Oc1ccccc1O.Oc1ccccc1O.[Mn]. The van der Waals surface area contributed by atoms with Gasteiger partial charge in [0.2, 0.25) is 0 Å². The summed E-state index contributed by atoms with van der Waals surface area (Å²) >= 11 is 0. The molecule has 2 aromatic carbocycles. The predicted molar refractivity (Wildman–Crippen MR) is 59.5 cm³/mol. The van der Waals surface area contributed by atoms with Gasteiger partial charge in [0, 0.05) is 17.1 Å². The van der Waals surface area contributed by atoms with Crippen LogP contribution in [0.5, 0.6) is 23.0 Å². The van der Waals surface area contributed by atoms with Crippen LogP contribution >= 0.6 is 0 Å². The maximum absolute atomic E-state index is 8.67. The second kappa shape index (κ2) is 7.44. The molecule has 1 radical (unpaired) electrons. The molecule has 0 aliphatic heterocycles. The Hall–Kier alpha value is -1.84. The Labute approximate surface area is 109 Å². The van der Waals surface area contributed by atoms with Crippen LogP contribution in [0, 0.1) is 0 Å². The third-order valence-electron chi connectivity index (χ3n) is 1.76. The Morgan fingerprint density at radius 3 is 0.765 bits per heavy atom. The second-order valence-electron chi connectivity index (χ2n) is 2.98. The Morgan fingerprint density at radius 1 is 0.471 bits per heavy atom. The summed E-state index contributed by atoms with van der Waals surface area (Å²) < 4.78 is 0. The fourth-order valence-electron chi connectivity index (χ4n) is 0.928. The largest absolute Gasteiger partial charge is 0.504 e. The van der Waals surface area contributed by atoms with Gasteiger partial charge < -0.3 is 20.4 Å². The normalized spacial score (nSPS) is 8.47. The zero-order valence-corrected chi connectivity index (χ0v) is 9.97. The number of phenols is 4. The van der Waals surface area contributed by atoms with Gasteiger partial charge in [-0.1, -0.05) is 24.3 Å². The maximum Gasteiger partial charge on any atom is 0.157 e. The van der Waals surface area contributed by atoms with Crippen LogP contribution in [0.1, 0.15) is 0 Å². The molecule has 0 saturated heterocycles. The average molecular weight is 275 g/mol. The summed E-state index contributed by atoms with van der Waals surface area (Å²) in [4.78, 5) is 0. The van der Waals surface area contributed by atoms with E-state index in [0.717, 1.165) is 0 Å². The average Bonchev–Trinajstić information content (AvgIpc) is 2.28. The topological polar surface area (TPSA) is 80.9 Å². The van der Waals surface area contributed by atoms with Crippen LogP contribution < -0.4 is 0 Å². The van der Waals surface area contributed by atoms with Gasteiger partial charge in [0.15, 0.2) is 23.0 Å². The van der Waals surface area contributed by atoms with E-state index >= 15 is 0 Å². The molecule has 2 aromatic rings. The monoisotopic (exact) mass is 275 g/mol. The van der Waals surface area contributed by atoms with Gasteiger partial charge in [-0.05, 0) is 24.3 Å². The second-order valence-corrected chi connectivity index (χ2v) is 2.98. The van der Waals surface area contributed by atoms with Crippen molar-refractivity contribution in [2.24, 2.45) is 0 Å². The standard InChI is InChI=1S/2C6H6O2.Mn/c2*7-5-3-1-2-4-6(5)8;/h2*1-4,7-8H;. The molecule has 0 atom stereocenters. The molecule has 17 heavy (non-hydrogen) atoms. The molecule has 0 unspecified atom stereocenters. The van der Waals surface area contributed by atoms with Crippen molar-refractivity contribution in [1.29, 1.82) is 0 Å². The third kappa shape index (κ3) is 5.15. The van der Waals surface area contributed by atoms with Crippen LogP contribution in [0.3, 0.4) is 0 Å². The minimum atomic E-state index is -0.0764. The summed E-state index contributed by atoms with van der Waals surface area (Å²) in [7, 11) is 0. The molecule has 5 heteroatoms. The van der Waals surface area contributed by atoms with Crippen LogP contribution in [-0.4, -0.2) is 20.4 Å². The third-order valence-corrected chi connectivity index (χ3v) is 1.76. The zero-order chi connectivity index (χ0) is 12.0. The molecule has 0 amide bonds. The molecule has 0 fully saturated rings. The molecule has 0 aliphatic carbocycles. The van der Waals surface area contributed by atoms with E-state index in [0.29, 0.717) is 0 Å². The van der Waals surface area contributed by atoms with Crippen LogP contribution in [0.25, 0.3) is 0 Å². The fourth-order valence-corrected chi connectivity index (χ4v) is 0.928. The van der Waals surface area contributed by atoms with Gasteiger partial charge in [-0.2, -0.15) is 0 Å². The minimum Gasteiger partial charge on any atom is -0.504 e.